The Morgan fingerprint density at radius 2 is 1.24 bits per heavy atom. The summed E-state index contributed by atoms with van der Waals surface area (Å²) in [6.45, 7) is 7.20. The Morgan fingerprint density at radius 1 is 0.729 bits per heavy atom. The van der Waals surface area contributed by atoms with Crippen molar-refractivity contribution in [3.8, 4) is 0 Å². The van der Waals surface area contributed by atoms with Crippen molar-refractivity contribution in [2.24, 2.45) is 48.1 Å². The van der Waals surface area contributed by atoms with Gasteiger partial charge < -0.3 is 47.0 Å². The van der Waals surface area contributed by atoms with Crippen molar-refractivity contribution in [2.75, 3.05) is 20.8 Å². The number of rotatable bonds is 14. The minimum atomic E-state index is -2.01. The van der Waals surface area contributed by atoms with Crippen LogP contribution >= 0.6 is 0 Å². The molecule has 370 valence electrons. The van der Waals surface area contributed by atoms with Crippen molar-refractivity contribution in [1.29, 1.82) is 0 Å². The van der Waals surface area contributed by atoms with E-state index in [4.69, 9.17) is 37.9 Å². The summed E-state index contributed by atoms with van der Waals surface area (Å²) in [7, 11) is 5.68. The number of fused-ring (bicyclic) bond motifs is 3. The molecule has 0 radical (unpaired) electrons. The third-order valence-corrected chi connectivity index (χ3v) is 15.5. The number of methoxy groups -OCH3 is 2. The molecule has 0 aromatic carbocycles. The fraction of sp³-hybridized carbons (Fsp3) is 0.520. The predicted molar refractivity (Wildman–Crippen MR) is 234 cm³/mol. The van der Waals surface area contributed by atoms with E-state index in [2.05, 4.69) is 6.58 Å². The quantitative estimate of drug-likeness (QED) is 0.113. The van der Waals surface area contributed by atoms with Crippen LogP contribution in [0.25, 0.3) is 0 Å². The van der Waals surface area contributed by atoms with Gasteiger partial charge in [0.05, 0.1) is 57.6 Å². The number of hydrogen-bond donors (Lipinski definition) is 0. The Balaban J connectivity index is 0.863. The van der Waals surface area contributed by atoms with Crippen LogP contribution in [0.5, 0.6) is 0 Å². The van der Waals surface area contributed by atoms with E-state index >= 15 is 0 Å². The van der Waals surface area contributed by atoms with E-state index in [1.54, 1.807) is 14.1 Å². The van der Waals surface area contributed by atoms with Gasteiger partial charge in [0.15, 0.2) is 22.7 Å². The smallest absolute Gasteiger partial charge is 0.324 e. The Labute approximate surface area is 400 Å². The minimum Gasteiger partial charge on any atom is -0.492 e. The third kappa shape index (κ3) is 7.26. The molecule has 7 aliphatic rings. The summed E-state index contributed by atoms with van der Waals surface area (Å²) < 4.78 is 48.5. The number of Topliss-reactive ketones (excluding diaryl/α,β-unsaturated/α-hetero) is 3. The lowest BCUT2D eigenvalue weighted by atomic mass is 9.43. The largest absolute Gasteiger partial charge is 0.492 e. The molecule has 4 heterocycles. The van der Waals surface area contributed by atoms with Crippen LogP contribution in [-0.4, -0.2) is 107 Å². The number of carbonyl (C=O) groups excluding carboxylic acids is 10. The number of carbonyl (C=O) groups is 10. The van der Waals surface area contributed by atoms with Crippen molar-refractivity contribution in [3.05, 3.63) is 81.9 Å². The molecule has 20 heteroatoms. The zero-order valence-corrected chi connectivity index (χ0v) is 39.5. The summed E-state index contributed by atoms with van der Waals surface area (Å²) in [5, 5.41) is 0. The molecule has 3 saturated carbocycles. The highest BCUT2D eigenvalue weighted by molar-refractivity contribution is 6.24. The number of ether oxygens (including phenoxy) is 8. The van der Waals surface area contributed by atoms with Crippen LogP contribution in [0.15, 0.2) is 48.2 Å². The van der Waals surface area contributed by atoms with Crippen LogP contribution in [-0.2, 0) is 94.0 Å². The van der Waals surface area contributed by atoms with Crippen LogP contribution in [0, 0.1) is 34.0 Å². The summed E-state index contributed by atoms with van der Waals surface area (Å²) in [4.78, 5) is 134. The molecule has 0 amide bonds. The molecule has 1 unspecified atom stereocenters. The molecule has 2 bridgehead atoms. The van der Waals surface area contributed by atoms with Crippen molar-refractivity contribution in [1.82, 2.24) is 9.13 Å². The molecule has 2 aliphatic heterocycles. The van der Waals surface area contributed by atoms with Crippen molar-refractivity contribution < 1.29 is 85.8 Å². The fourth-order valence-electron chi connectivity index (χ4n) is 12.6. The zero-order valence-electron chi connectivity index (χ0n) is 39.5. The summed E-state index contributed by atoms with van der Waals surface area (Å²) in [6.07, 6.45) is 1.79. The van der Waals surface area contributed by atoms with Crippen molar-refractivity contribution in [3.63, 3.8) is 0 Å². The second-order valence-corrected chi connectivity index (χ2v) is 19.7. The maximum Gasteiger partial charge on any atom is 0.324 e. The van der Waals surface area contributed by atoms with Crippen LogP contribution in [0.4, 0.5) is 0 Å². The van der Waals surface area contributed by atoms with Gasteiger partial charge in [-0.15, -0.1) is 0 Å². The van der Waals surface area contributed by atoms with E-state index in [9.17, 15) is 47.9 Å². The molecule has 5 fully saturated rings. The topological polar surface area (TPSA) is 254 Å². The lowest BCUT2D eigenvalue weighted by Gasteiger charge is -2.62. The molecule has 8 atom stereocenters. The first-order valence-corrected chi connectivity index (χ1v) is 23.0. The minimum absolute atomic E-state index is 0.0465. The number of aryl methyl sites for hydroxylation is 2. The maximum atomic E-state index is 14.6. The van der Waals surface area contributed by atoms with Crippen LogP contribution in [0.3, 0.4) is 0 Å². The molecule has 2 aromatic rings. The molecule has 2 aromatic heterocycles. The standard InChI is InChI=1S/C50H52N2O18/c1-23-26-8-9-31-49-22-67-46(70-36(58)13-11-34(56)66-21-25-19-52(5)40-28(54)17-30(64-7)42(60)38(25)40)43(49)48(2,3)15-14-32(49)68-47(62)50(31,44(23)61)45(26)69-35(57)12-10-33(55)65-20-24-18-51(4)39-27(53)16-29(63-6)41(59)37(24)39/h16-19,26,31-32,43,45-46H,1,8-15,20-22H2,2-7H3/t26-,31+,32-,43?,45+,46-,49+,50-/m0/s1. The number of nitrogens with zero attached hydrogens (tertiary/aromatic N) is 2. The van der Waals surface area contributed by atoms with E-state index in [0.717, 1.165) is 12.2 Å². The van der Waals surface area contributed by atoms with Crippen LogP contribution in [0.2, 0.25) is 0 Å². The number of allylic oxidation sites excluding steroid dienone is 4. The Hall–Kier alpha value is -6.96. The summed E-state index contributed by atoms with van der Waals surface area (Å²) in [5.74, 6) is -9.14. The highest BCUT2D eigenvalue weighted by atomic mass is 16.7. The second kappa shape index (κ2) is 17.5. The van der Waals surface area contributed by atoms with Gasteiger partial charge in [-0.3, -0.25) is 47.9 Å². The van der Waals surface area contributed by atoms with E-state index in [1.807, 2.05) is 13.8 Å². The lowest BCUT2D eigenvalue weighted by Crippen LogP contribution is -2.71. The van der Waals surface area contributed by atoms with Gasteiger partial charge in [0.25, 0.3) is 0 Å². The second-order valence-electron chi connectivity index (χ2n) is 19.7. The number of aromatic nitrogens is 2. The Bertz CT molecular complexity index is 2800. The van der Waals surface area contributed by atoms with E-state index in [0.29, 0.717) is 25.7 Å². The van der Waals surface area contributed by atoms with Gasteiger partial charge >= 0.3 is 29.8 Å². The molecule has 9 rings (SSSR count). The molecule has 0 N–H and O–H groups in total. The number of esters is 5. The first-order valence-electron chi connectivity index (χ1n) is 23.0. The van der Waals surface area contributed by atoms with Crippen molar-refractivity contribution >= 4 is 58.8 Å². The van der Waals surface area contributed by atoms with Gasteiger partial charge in [0, 0.05) is 67.0 Å². The fourth-order valence-corrected chi connectivity index (χ4v) is 12.6. The molecule has 2 saturated heterocycles. The Morgan fingerprint density at radius 3 is 1.77 bits per heavy atom. The molecule has 5 aliphatic carbocycles. The average Bonchev–Trinajstić information content (AvgIpc) is 4.02. The van der Waals surface area contributed by atoms with Crippen LogP contribution < -0.4 is 0 Å². The average molecular weight is 969 g/mol. The molecule has 20 nitrogen and oxygen atoms in total. The predicted octanol–water partition coefficient (Wildman–Crippen LogP) is 3.84. The van der Waals surface area contributed by atoms with Gasteiger partial charge in [-0.25, -0.2) is 0 Å². The van der Waals surface area contributed by atoms with Gasteiger partial charge in [-0.05, 0) is 42.6 Å². The monoisotopic (exact) mass is 968 g/mol. The van der Waals surface area contributed by atoms with Crippen molar-refractivity contribution in [2.45, 2.75) is 96.9 Å². The first kappa shape index (κ1) is 48.1. The highest BCUT2D eigenvalue weighted by Gasteiger charge is 2.81. The lowest BCUT2D eigenvalue weighted by molar-refractivity contribution is -0.253. The molecular weight excluding hydrogens is 917 g/mol. The van der Waals surface area contributed by atoms with Crippen LogP contribution in [0.1, 0.15) is 118 Å². The van der Waals surface area contributed by atoms with E-state index < -0.39 is 137 Å². The first-order chi connectivity index (χ1) is 33.2. The zero-order chi connectivity index (χ0) is 50.4. The van der Waals surface area contributed by atoms with E-state index in [1.165, 1.54) is 35.7 Å². The summed E-state index contributed by atoms with van der Waals surface area (Å²) in [5.41, 5.74) is -2.69. The van der Waals surface area contributed by atoms with Gasteiger partial charge in [-0.2, -0.15) is 0 Å². The normalized spacial score (nSPS) is 29.1. The maximum absolute atomic E-state index is 14.6. The highest BCUT2D eigenvalue weighted by Crippen LogP contribution is 2.72. The third-order valence-electron chi connectivity index (χ3n) is 15.5. The molecular formula is C50H52N2O18. The molecule has 70 heavy (non-hydrogen) atoms. The summed E-state index contributed by atoms with van der Waals surface area (Å²) >= 11 is 0. The number of ketones is 5. The van der Waals surface area contributed by atoms with E-state index in [-0.39, 0.29) is 70.6 Å². The van der Waals surface area contributed by atoms with Gasteiger partial charge in [0.1, 0.15) is 36.8 Å². The number of hydrogen-bond acceptors (Lipinski definition) is 18. The molecule has 2 spiro atoms. The van der Waals surface area contributed by atoms with Gasteiger partial charge in [0.2, 0.25) is 29.4 Å². The van der Waals surface area contributed by atoms with Gasteiger partial charge in [-0.1, -0.05) is 20.4 Å². The Kier molecular flexibility index (Phi) is 12.0. The SMILES string of the molecule is C=C1C(=O)[C@@]23C(=O)O[C@H]4CCC(C)(C)C5[C@H](OC(=O)CCC(=O)OCc6cn(C)c7c6C(=O)C(OC)=CC7=O)OC[C@]54[C@H]2CC[C@@H]1[C@H]3OC(=O)CCC(=O)OCc1cn(C)c2c1C(=O)C(OC)=CC2=O. The summed E-state index contributed by atoms with van der Waals surface area (Å²) in [6, 6.07) is 0.